The summed E-state index contributed by atoms with van der Waals surface area (Å²) in [7, 11) is 0. The van der Waals surface area contributed by atoms with Gasteiger partial charge in [0.25, 0.3) is 0 Å². The van der Waals surface area contributed by atoms with Gasteiger partial charge in [-0.15, -0.1) is 0 Å². The molecule has 1 heteroatoms. The summed E-state index contributed by atoms with van der Waals surface area (Å²) in [6.07, 6.45) is 0. The lowest BCUT2D eigenvalue weighted by Gasteiger charge is -2.23. The van der Waals surface area contributed by atoms with E-state index in [2.05, 4.69) is 189 Å². The van der Waals surface area contributed by atoms with Crippen LogP contribution < -0.4 is 0 Å². The molecule has 0 unspecified atom stereocenters. The number of nitrogens with one attached hydrogen (secondary N) is 1. The molecule has 0 spiro atoms. The highest BCUT2D eigenvalue weighted by atomic mass is 14.7. The molecule has 1 heterocycles. The van der Waals surface area contributed by atoms with Crippen molar-refractivity contribution in [1.82, 2.24) is 4.98 Å². The third kappa shape index (κ3) is 3.88. The number of H-pyrrole nitrogens is 1. The average Bonchev–Trinajstić information content (AvgIpc) is 3.71. The van der Waals surface area contributed by atoms with Crippen LogP contribution in [0.15, 0.2) is 170 Å². The van der Waals surface area contributed by atoms with Crippen LogP contribution in [0.3, 0.4) is 0 Å². The van der Waals surface area contributed by atoms with Crippen LogP contribution in [0.2, 0.25) is 0 Å². The van der Waals surface area contributed by atoms with Crippen molar-refractivity contribution in [3.8, 4) is 33.4 Å². The summed E-state index contributed by atoms with van der Waals surface area (Å²) in [5, 5.41) is 15.5. The largest absolute Gasteiger partial charge is 0.354 e. The number of aromatic amines is 1. The van der Waals surface area contributed by atoms with E-state index in [9.17, 15) is 0 Å². The van der Waals surface area contributed by atoms with Gasteiger partial charge in [0, 0.05) is 27.3 Å². The molecule has 0 fully saturated rings. The van der Waals surface area contributed by atoms with Gasteiger partial charge < -0.3 is 4.98 Å². The molecule has 0 saturated carbocycles. The monoisotopic (exact) mass is 685 g/mol. The summed E-state index contributed by atoms with van der Waals surface area (Å²) in [6.45, 7) is 4.83. The van der Waals surface area contributed by atoms with Crippen molar-refractivity contribution in [2.45, 2.75) is 19.3 Å². The molecule has 10 aromatic carbocycles. The molecule has 0 atom stereocenters. The Hall–Kier alpha value is -6.70. The van der Waals surface area contributed by atoms with Gasteiger partial charge in [-0.3, -0.25) is 0 Å². The Labute approximate surface area is 313 Å². The van der Waals surface area contributed by atoms with Gasteiger partial charge in [-0.25, -0.2) is 0 Å². The molecule has 1 aliphatic carbocycles. The van der Waals surface area contributed by atoms with Gasteiger partial charge in [0.05, 0.1) is 5.52 Å². The summed E-state index contributed by atoms with van der Waals surface area (Å²) >= 11 is 0. The second kappa shape index (κ2) is 10.7. The van der Waals surface area contributed by atoms with Crippen LogP contribution in [0.5, 0.6) is 0 Å². The van der Waals surface area contributed by atoms with Crippen molar-refractivity contribution < 1.29 is 0 Å². The van der Waals surface area contributed by atoms with E-state index < -0.39 is 0 Å². The lowest BCUT2D eigenvalue weighted by Crippen LogP contribution is -2.15. The Morgan fingerprint density at radius 1 is 0.333 bits per heavy atom. The molecule has 54 heavy (non-hydrogen) atoms. The SMILES string of the molecule is CC1(C)c2cc(-c3c4ccccc4c(-c4cccc5c4[nH]c4ccccc45)c4ccccc34)ccc2-c2cc3c4ccccc4c4ccccc4c3cc21. The lowest BCUT2D eigenvalue weighted by molar-refractivity contribution is 0.661. The lowest BCUT2D eigenvalue weighted by atomic mass is 9.79. The van der Waals surface area contributed by atoms with E-state index in [0.29, 0.717) is 0 Å². The second-order valence-corrected chi connectivity index (χ2v) is 15.7. The Kier molecular flexibility index (Phi) is 5.90. The van der Waals surface area contributed by atoms with Gasteiger partial charge in [0.15, 0.2) is 0 Å². The number of hydrogen-bond acceptors (Lipinski definition) is 0. The number of aromatic nitrogens is 1. The van der Waals surface area contributed by atoms with E-state index in [1.807, 2.05) is 0 Å². The summed E-state index contributed by atoms with van der Waals surface area (Å²) in [6, 6.07) is 63.5. The molecule has 12 rings (SSSR count). The highest BCUT2D eigenvalue weighted by molar-refractivity contribution is 6.27. The van der Waals surface area contributed by atoms with Crippen molar-refractivity contribution >= 4 is 75.7 Å². The fourth-order valence-corrected chi connectivity index (χ4v) is 10.1. The number of fused-ring (bicyclic) bond motifs is 14. The first kappa shape index (κ1) is 29.8. The zero-order chi connectivity index (χ0) is 35.7. The highest BCUT2D eigenvalue weighted by Crippen LogP contribution is 2.53. The predicted molar refractivity (Wildman–Crippen MR) is 232 cm³/mol. The smallest absolute Gasteiger partial charge is 0.0544 e. The molecule has 0 amide bonds. The van der Waals surface area contributed by atoms with Crippen molar-refractivity contribution in [2.75, 3.05) is 0 Å². The van der Waals surface area contributed by atoms with Crippen LogP contribution in [-0.2, 0) is 5.41 Å². The van der Waals surface area contributed by atoms with Gasteiger partial charge in [0.2, 0.25) is 0 Å². The fourth-order valence-electron chi connectivity index (χ4n) is 10.1. The number of rotatable bonds is 2. The Bertz CT molecular complexity index is 3350. The van der Waals surface area contributed by atoms with Crippen LogP contribution in [0.1, 0.15) is 25.0 Å². The van der Waals surface area contributed by atoms with Gasteiger partial charge in [-0.1, -0.05) is 159 Å². The Morgan fingerprint density at radius 3 is 1.44 bits per heavy atom. The van der Waals surface area contributed by atoms with Crippen molar-refractivity contribution in [3.05, 3.63) is 181 Å². The minimum Gasteiger partial charge on any atom is -0.354 e. The number of hydrogen-bond donors (Lipinski definition) is 1. The van der Waals surface area contributed by atoms with Crippen molar-refractivity contribution in [2.24, 2.45) is 0 Å². The fraction of sp³-hybridized carbons (Fsp3) is 0.0566. The molecule has 1 N–H and O–H groups in total. The third-order valence-corrected chi connectivity index (χ3v) is 12.6. The van der Waals surface area contributed by atoms with Gasteiger partial charge in [-0.2, -0.15) is 0 Å². The maximum atomic E-state index is 3.80. The van der Waals surface area contributed by atoms with Crippen LogP contribution in [0.4, 0.5) is 0 Å². The molecule has 252 valence electrons. The van der Waals surface area contributed by atoms with Crippen LogP contribution in [0, 0.1) is 0 Å². The molecule has 1 aliphatic rings. The van der Waals surface area contributed by atoms with Gasteiger partial charge in [-0.05, 0) is 117 Å². The summed E-state index contributed by atoms with van der Waals surface area (Å²) in [5.74, 6) is 0. The average molecular weight is 686 g/mol. The van der Waals surface area contributed by atoms with Gasteiger partial charge in [0.1, 0.15) is 0 Å². The number of benzene rings is 10. The third-order valence-electron chi connectivity index (χ3n) is 12.6. The van der Waals surface area contributed by atoms with Crippen LogP contribution >= 0.6 is 0 Å². The quantitative estimate of drug-likeness (QED) is 0.138. The van der Waals surface area contributed by atoms with E-state index in [-0.39, 0.29) is 5.41 Å². The summed E-state index contributed by atoms with van der Waals surface area (Å²) in [5.41, 5.74) is 12.7. The number of para-hydroxylation sites is 2. The van der Waals surface area contributed by atoms with E-state index in [1.54, 1.807) is 0 Å². The minimum absolute atomic E-state index is 0.168. The summed E-state index contributed by atoms with van der Waals surface area (Å²) < 4.78 is 0. The van der Waals surface area contributed by atoms with E-state index in [1.165, 1.54) is 120 Å². The first-order valence-electron chi connectivity index (χ1n) is 19.0. The van der Waals surface area contributed by atoms with E-state index >= 15 is 0 Å². The first-order chi connectivity index (χ1) is 26.6. The van der Waals surface area contributed by atoms with Crippen molar-refractivity contribution in [3.63, 3.8) is 0 Å². The normalized spacial score (nSPS) is 13.5. The molecule has 0 radical (unpaired) electrons. The zero-order valence-corrected chi connectivity index (χ0v) is 30.2. The van der Waals surface area contributed by atoms with E-state index in [4.69, 9.17) is 0 Å². The topological polar surface area (TPSA) is 15.8 Å². The molecule has 1 nitrogen and oxygen atoms in total. The van der Waals surface area contributed by atoms with Crippen LogP contribution in [0.25, 0.3) is 109 Å². The predicted octanol–water partition coefficient (Wildman–Crippen LogP) is 14.7. The van der Waals surface area contributed by atoms with Gasteiger partial charge >= 0.3 is 0 Å². The molecule has 11 aromatic rings. The minimum atomic E-state index is -0.168. The maximum absolute atomic E-state index is 3.80. The second-order valence-electron chi connectivity index (χ2n) is 15.7. The molecular formula is C53H35N. The highest BCUT2D eigenvalue weighted by Gasteiger charge is 2.36. The zero-order valence-electron chi connectivity index (χ0n) is 30.2. The first-order valence-corrected chi connectivity index (χ1v) is 19.0. The molecule has 0 bridgehead atoms. The standard InChI is InChI=1S/C53H35N/c1-53(2)47-28-31(26-27-36(47)46-29-44-34-16-5-3-14-32(34)33-15-4-6-17-35(33)45(44)30-48(46)53)50-38-19-7-9-21-40(38)51(41-22-10-8-20-39(41)50)43-24-13-23-42-37-18-11-12-25-49(37)54-52(42)43/h3-30,54H,1-2H3. The van der Waals surface area contributed by atoms with E-state index in [0.717, 1.165) is 0 Å². The summed E-state index contributed by atoms with van der Waals surface area (Å²) in [4.78, 5) is 3.80. The van der Waals surface area contributed by atoms with Crippen molar-refractivity contribution in [1.29, 1.82) is 0 Å². The molecule has 1 aromatic heterocycles. The Morgan fingerprint density at radius 2 is 0.815 bits per heavy atom. The molecule has 0 saturated heterocycles. The molecular weight excluding hydrogens is 651 g/mol. The maximum Gasteiger partial charge on any atom is 0.0544 e. The Balaban J connectivity index is 1.11. The van der Waals surface area contributed by atoms with Crippen LogP contribution in [-0.4, -0.2) is 4.98 Å². The molecule has 0 aliphatic heterocycles.